The van der Waals surface area contributed by atoms with Crippen LogP contribution >= 0.6 is 34.2 Å². The first kappa shape index (κ1) is 14.3. The third-order valence-electron chi connectivity index (χ3n) is 2.99. The number of nitrogens with two attached hydrogens (primary N) is 1. The van der Waals surface area contributed by atoms with E-state index < -0.39 is 0 Å². The van der Waals surface area contributed by atoms with E-state index in [4.69, 9.17) is 22.1 Å². The molecule has 0 fully saturated rings. The highest BCUT2D eigenvalue weighted by atomic mass is 127. The maximum Gasteiger partial charge on any atom is 0.262 e. The Labute approximate surface area is 139 Å². The number of carbonyl (C=O) groups is 1. The number of fused-ring (bicyclic) bond motifs is 1. The van der Waals surface area contributed by atoms with Crippen LogP contribution in [0.5, 0.6) is 5.75 Å². The van der Waals surface area contributed by atoms with E-state index in [1.807, 2.05) is 18.2 Å². The number of hydrogen-bond acceptors (Lipinski definition) is 4. The molecule has 0 unspecified atom stereocenters. The van der Waals surface area contributed by atoms with Crippen LogP contribution in [0.15, 0.2) is 30.3 Å². The van der Waals surface area contributed by atoms with Gasteiger partial charge in [0.05, 0.1) is 27.8 Å². The van der Waals surface area contributed by atoms with Gasteiger partial charge in [-0.2, -0.15) is 0 Å². The molecule has 1 amide bonds. The number of anilines is 4. The lowest BCUT2D eigenvalue weighted by Crippen LogP contribution is -2.25. The molecule has 2 aromatic rings. The van der Waals surface area contributed by atoms with Crippen molar-refractivity contribution in [3.63, 3.8) is 0 Å². The average Bonchev–Trinajstić information content (AvgIpc) is 2.43. The predicted octanol–water partition coefficient (Wildman–Crippen LogP) is 3.60. The fraction of sp³-hybridized carbons (Fsp3) is 0.0714. The van der Waals surface area contributed by atoms with Crippen LogP contribution in [0.3, 0.4) is 0 Å². The second-order valence-electron chi connectivity index (χ2n) is 4.52. The molecule has 108 valence electrons. The van der Waals surface area contributed by atoms with Crippen LogP contribution in [0.2, 0.25) is 5.02 Å². The zero-order valence-corrected chi connectivity index (χ0v) is 13.7. The molecule has 0 aliphatic carbocycles. The minimum atomic E-state index is -0.189. The van der Waals surface area contributed by atoms with Gasteiger partial charge in [-0.05, 0) is 46.9 Å². The first-order valence-corrected chi connectivity index (χ1v) is 7.57. The highest BCUT2D eigenvalue weighted by Crippen LogP contribution is 2.37. The van der Waals surface area contributed by atoms with Crippen LogP contribution in [-0.4, -0.2) is 12.5 Å². The minimum absolute atomic E-state index is 0.00215. The van der Waals surface area contributed by atoms with E-state index in [2.05, 4.69) is 33.2 Å². The van der Waals surface area contributed by atoms with E-state index in [1.54, 1.807) is 12.1 Å². The summed E-state index contributed by atoms with van der Waals surface area (Å²) in [6, 6.07) is 9.07. The summed E-state index contributed by atoms with van der Waals surface area (Å²) in [5.41, 5.74) is 8.51. The number of rotatable bonds is 2. The van der Waals surface area contributed by atoms with E-state index in [-0.39, 0.29) is 12.5 Å². The van der Waals surface area contributed by atoms with Gasteiger partial charge in [0, 0.05) is 9.64 Å². The van der Waals surface area contributed by atoms with Gasteiger partial charge >= 0.3 is 0 Å². The normalized spacial score (nSPS) is 13.1. The Bertz CT molecular complexity index is 736. The fourth-order valence-corrected chi connectivity index (χ4v) is 2.89. The lowest BCUT2D eigenvalue weighted by atomic mass is 10.2. The van der Waals surface area contributed by atoms with Crippen molar-refractivity contribution < 1.29 is 9.53 Å². The number of ether oxygens (including phenoxy) is 1. The molecule has 2 aromatic carbocycles. The topological polar surface area (TPSA) is 76.4 Å². The number of benzene rings is 2. The van der Waals surface area contributed by atoms with Crippen molar-refractivity contribution in [2.24, 2.45) is 0 Å². The standard InChI is InChI=1S/C14H11ClIN3O2/c15-8-3-7(16)1-2-10(8)18-11-5-12-13(4-9(11)17)21-6-14(20)19-12/h1-5,18H,6,17H2,(H,19,20). The maximum atomic E-state index is 11.4. The van der Waals surface area contributed by atoms with Crippen LogP contribution in [-0.2, 0) is 4.79 Å². The van der Waals surface area contributed by atoms with E-state index in [0.29, 0.717) is 27.8 Å². The molecule has 0 aromatic heterocycles. The summed E-state index contributed by atoms with van der Waals surface area (Å²) in [4.78, 5) is 11.4. The SMILES string of the molecule is Nc1cc2c(cc1Nc1ccc(I)cc1Cl)NC(=O)CO2. The Hall–Kier alpha value is -1.67. The molecule has 7 heteroatoms. The van der Waals surface area contributed by atoms with Crippen LogP contribution < -0.4 is 21.1 Å². The summed E-state index contributed by atoms with van der Waals surface area (Å²) < 4.78 is 6.36. The summed E-state index contributed by atoms with van der Waals surface area (Å²) in [6.07, 6.45) is 0. The van der Waals surface area contributed by atoms with Crippen molar-refractivity contribution in [3.05, 3.63) is 38.9 Å². The van der Waals surface area contributed by atoms with Gasteiger partial charge in [0.25, 0.3) is 5.91 Å². The molecule has 4 N–H and O–H groups in total. The van der Waals surface area contributed by atoms with Crippen molar-refractivity contribution in [2.75, 3.05) is 23.0 Å². The van der Waals surface area contributed by atoms with Crippen molar-refractivity contribution in [2.45, 2.75) is 0 Å². The van der Waals surface area contributed by atoms with Gasteiger partial charge in [0.1, 0.15) is 5.75 Å². The van der Waals surface area contributed by atoms with Crippen molar-refractivity contribution >= 4 is 62.8 Å². The third kappa shape index (κ3) is 3.01. The molecule has 0 bridgehead atoms. The van der Waals surface area contributed by atoms with E-state index in [9.17, 15) is 4.79 Å². The second kappa shape index (κ2) is 5.61. The molecule has 1 aliphatic rings. The molecule has 3 rings (SSSR count). The fourth-order valence-electron chi connectivity index (χ4n) is 1.99. The second-order valence-corrected chi connectivity index (χ2v) is 6.17. The van der Waals surface area contributed by atoms with Gasteiger partial charge < -0.3 is 21.1 Å². The number of nitrogen functional groups attached to an aromatic ring is 1. The molecule has 0 saturated carbocycles. The summed E-state index contributed by atoms with van der Waals surface area (Å²) >= 11 is 8.39. The van der Waals surface area contributed by atoms with Gasteiger partial charge in [-0.15, -0.1) is 0 Å². The van der Waals surface area contributed by atoms with Crippen LogP contribution in [0.25, 0.3) is 0 Å². The number of nitrogens with one attached hydrogen (secondary N) is 2. The van der Waals surface area contributed by atoms with Crippen LogP contribution in [0.4, 0.5) is 22.7 Å². The largest absolute Gasteiger partial charge is 0.482 e. The highest BCUT2D eigenvalue weighted by Gasteiger charge is 2.18. The summed E-state index contributed by atoms with van der Waals surface area (Å²) in [7, 11) is 0. The molecule has 21 heavy (non-hydrogen) atoms. The summed E-state index contributed by atoms with van der Waals surface area (Å²) in [5.74, 6) is 0.372. The van der Waals surface area contributed by atoms with Gasteiger partial charge in [-0.1, -0.05) is 11.6 Å². The lowest BCUT2D eigenvalue weighted by molar-refractivity contribution is -0.118. The van der Waals surface area contributed by atoms with E-state index >= 15 is 0 Å². The van der Waals surface area contributed by atoms with Gasteiger partial charge in [-0.3, -0.25) is 4.79 Å². The monoisotopic (exact) mass is 415 g/mol. The summed E-state index contributed by atoms with van der Waals surface area (Å²) in [6.45, 7) is 0.00215. The molecule has 1 heterocycles. The minimum Gasteiger partial charge on any atom is -0.482 e. The maximum absolute atomic E-state index is 11.4. The number of halogens is 2. The molecular weight excluding hydrogens is 405 g/mol. The van der Waals surface area contributed by atoms with Crippen LogP contribution in [0, 0.1) is 3.57 Å². The molecule has 5 nitrogen and oxygen atoms in total. The van der Waals surface area contributed by atoms with Crippen LogP contribution in [0.1, 0.15) is 0 Å². The summed E-state index contributed by atoms with van der Waals surface area (Å²) in [5, 5.41) is 6.51. The Morgan fingerprint density at radius 2 is 2.10 bits per heavy atom. The Balaban J connectivity index is 1.95. The molecular formula is C14H11ClIN3O2. The number of amides is 1. The number of hydrogen-bond donors (Lipinski definition) is 3. The van der Waals surface area contributed by atoms with Gasteiger partial charge in [-0.25, -0.2) is 0 Å². The average molecular weight is 416 g/mol. The quantitative estimate of drug-likeness (QED) is 0.517. The Kier molecular flexibility index (Phi) is 3.81. The molecule has 1 aliphatic heterocycles. The Morgan fingerprint density at radius 3 is 2.86 bits per heavy atom. The third-order valence-corrected chi connectivity index (χ3v) is 3.97. The first-order chi connectivity index (χ1) is 10.0. The van der Waals surface area contributed by atoms with Crippen molar-refractivity contribution in [1.82, 2.24) is 0 Å². The van der Waals surface area contributed by atoms with Gasteiger partial charge in [0.15, 0.2) is 6.61 Å². The zero-order chi connectivity index (χ0) is 15.0. The van der Waals surface area contributed by atoms with E-state index in [1.165, 1.54) is 0 Å². The van der Waals surface area contributed by atoms with Gasteiger partial charge in [0.2, 0.25) is 0 Å². The Morgan fingerprint density at radius 1 is 1.29 bits per heavy atom. The van der Waals surface area contributed by atoms with E-state index in [0.717, 1.165) is 9.26 Å². The first-order valence-electron chi connectivity index (χ1n) is 6.11. The van der Waals surface area contributed by atoms with Crippen molar-refractivity contribution in [1.29, 1.82) is 0 Å². The van der Waals surface area contributed by atoms with Crippen molar-refractivity contribution in [3.8, 4) is 5.75 Å². The predicted molar refractivity (Wildman–Crippen MR) is 92.4 cm³/mol. The number of carbonyl (C=O) groups excluding carboxylic acids is 1. The zero-order valence-electron chi connectivity index (χ0n) is 10.7. The molecule has 0 radical (unpaired) electrons. The molecule has 0 atom stereocenters. The lowest BCUT2D eigenvalue weighted by Gasteiger charge is -2.20. The smallest absolute Gasteiger partial charge is 0.262 e. The highest BCUT2D eigenvalue weighted by molar-refractivity contribution is 14.1. The molecule has 0 saturated heterocycles. The molecule has 0 spiro atoms.